The molecule has 0 bridgehead atoms. The minimum absolute atomic E-state index is 0.251. The van der Waals surface area contributed by atoms with Crippen molar-refractivity contribution in [3.8, 4) is 0 Å². The van der Waals surface area contributed by atoms with Gasteiger partial charge in [0, 0.05) is 19.7 Å². The van der Waals surface area contributed by atoms with Crippen molar-refractivity contribution in [3.05, 3.63) is 64.5 Å². The molecule has 0 unspecified atom stereocenters. The molecule has 8 heteroatoms. The first kappa shape index (κ1) is 21.7. The second-order valence-electron chi connectivity index (χ2n) is 6.66. The zero-order valence-electron chi connectivity index (χ0n) is 16.3. The molecule has 0 N–H and O–H groups in total. The molecule has 2 aromatic carbocycles. The van der Waals surface area contributed by atoms with Crippen molar-refractivity contribution >= 4 is 21.8 Å². The third-order valence-corrected chi connectivity index (χ3v) is 6.06. The molecule has 2 aromatic rings. The van der Waals surface area contributed by atoms with Gasteiger partial charge in [0.25, 0.3) is 0 Å². The zero-order chi connectivity index (χ0) is 21.2. The van der Waals surface area contributed by atoms with Crippen LogP contribution in [-0.2, 0) is 14.8 Å². The average Bonchev–Trinajstić information content (AvgIpc) is 2.62. The van der Waals surface area contributed by atoms with Gasteiger partial charge in [-0.05, 0) is 50.6 Å². The van der Waals surface area contributed by atoms with Gasteiger partial charge in [0.2, 0.25) is 15.8 Å². The van der Waals surface area contributed by atoms with Crippen LogP contribution in [0, 0.1) is 19.7 Å². The molecule has 0 aromatic heterocycles. The van der Waals surface area contributed by atoms with Crippen molar-refractivity contribution in [1.82, 2.24) is 4.31 Å². The van der Waals surface area contributed by atoms with E-state index in [1.807, 2.05) is 13.0 Å². The number of benzene rings is 2. The lowest BCUT2D eigenvalue weighted by molar-refractivity contribution is 0.0313. The minimum atomic E-state index is -3.86. The Labute approximate surface area is 164 Å². The smallest absolute Gasteiger partial charge is 0.341 e. The number of carbonyl (C=O) groups excluding carboxylic acids is 2. The van der Waals surface area contributed by atoms with Crippen molar-refractivity contribution in [1.29, 1.82) is 0 Å². The molecule has 1 atom stereocenters. The van der Waals surface area contributed by atoms with Gasteiger partial charge in [-0.3, -0.25) is 4.79 Å². The van der Waals surface area contributed by atoms with Gasteiger partial charge in [0.1, 0.15) is 5.82 Å². The van der Waals surface area contributed by atoms with Gasteiger partial charge >= 0.3 is 5.97 Å². The third-order valence-electron chi connectivity index (χ3n) is 4.25. The molecule has 0 saturated carbocycles. The molecule has 0 fully saturated rings. The van der Waals surface area contributed by atoms with Crippen LogP contribution in [0.1, 0.15) is 38.8 Å². The van der Waals surface area contributed by atoms with Crippen molar-refractivity contribution in [2.75, 3.05) is 14.1 Å². The Morgan fingerprint density at radius 2 is 1.68 bits per heavy atom. The first-order chi connectivity index (χ1) is 12.9. The van der Waals surface area contributed by atoms with Gasteiger partial charge < -0.3 is 4.74 Å². The van der Waals surface area contributed by atoms with Crippen LogP contribution in [0.4, 0.5) is 4.39 Å². The molecule has 28 heavy (non-hydrogen) atoms. The van der Waals surface area contributed by atoms with Crippen LogP contribution in [0.15, 0.2) is 41.3 Å². The molecule has 0 radical (unpaired) electrons. The summed E-state index contributed by atoms with van der Waals surface area (Å²) in [6.07, 6.45) is -1.17. The topological polar surface area (TPSA) is 80.8 Å². The van der Waals surface area contributed by atoms with Crippen molar-refractivity contribution in [2.45, 2.75) is 31.8 Å². The largest absolute Gasteiger partial charge is 0.451 e. The van der Waals surface area contributed by atoms with Gasteiger partial charge in [0.05, 0.1) is 10.5 Å². The van der Waals surface area contributed by atoms with E-state index < -0.39 is 39.3 Å². The standard InChI is InChI=1S/C20H22FNO5S/c1-12-6-7-13(2)16(10-12)19(23)14(3)27-20(24)17-11-15(8-9-18(17)21)28(25,26)22(4)5/h6-11,14H,1-5H3/t14-/m0/s1. The highest BCUT2D eigenvalue weighted by Gasteiger charge is 2.26. The second-order valence-corrected chi connectivity index (χ2v) is 8.81. The number of aryl methyl sites for hydroxylation is 2. The summed E-state index contributed by atoms with van der Waals surface area (Å²) in [5, 5.41) is 0. The lowest BCUT2D eigenvalue weighted by atomic mass is 9.99. The Kier molecular flexibility index (Phi) is 6.36. The molecule has 0 aliphatic rings. The highest BCUT2D eigenvalue weighted by Crippen LogP contribution is 2.20. The molecule has 150 valence electrons. The fourth-order valence-electron chi connectivity index (χ4n) is 2.53. The summed E-state index contributed by atoms with van der Waals surface area (Å²) in [5.41, 5.74) is 1.46. The number of rotatable bonds is 6. The van der Waals surface area contributed by atoms with Crippen molar-refractivity contribution < 1.29 is 27.1 Å². The van der Waals surface area contributed by atoms with Crippen LogP contribution in [0.25, 0.3) is 0 Å². The lowest BCUT2D eigenvalue weighted by Gasteiger charge is -2.16. The summed E-state index contributed by atoms with van der Waals surface area (Å²) >= 11 is 0. The Morgan fingerprint density at radius 3 is 2.29 bits per heavy atom. The number of sulfonamides is 1. The van der Waals surface area contributed by atoms with E-state index in [2.05, 4.69) is 0 Å². The van der Waals surface area contributed by atoms with Crippen molar-refractivity contribution in [3.63, 3.8) is 0 Å². The number of ketones is 1. The normalized spacial score (nSPS) is 12.7. The summed E-state index contributed by atoms with van der Waals surface area (Å²) < 4.78 is 44.6. The first-order valence-electron chi connectivity index (χ1n) is 8.49. The van der Waals surface area contributed by atoms with E-state index in [0.717, 1.165) is 33.6 Å². The van der Waals surface area contributed by atoms with Gasteiger partial charge in [-0.25, -0.2) is 21.9 Å². The highest BCUT2D eigenvalue weighted by molar-refractivity contribution is 7.89. The molecule has 0 spiro atoms. The van der Waals surface area contributed by atoms with Crippen LogP contribution >= 0.6 is 0 Å². The Morgan fingerprint density at radius 1 is 1.04 bits per heavy atom. The van der Waals surface area contributed by atoms with Gasteiger partial charge in [-0.1, -0.05) is 17.7 Å². The molecule has 0 aliphatic carbocycles. The summed E-state index contributed by atoms with van der Waals surface area (Å²) in [4.78, 5) is 24.8. The number of ether oxygens (including phenoxy) is 1. The second kappa shape index (κ2) is 8.20. The quantitative estimate of drug-likeness (QED) is 0.543. The molecule has 0 amide bonds. The lowest BCUT2D eigenvalue weighted by Crippen LogP contribution is -2.26. The van der Waals surface area contributed by atoms with E-state index in [0.29, 0.717) is 5.56 Å². The Hall–Kier alpha value is -2.58. The van der Waals surface area contributed by atoms with E-state index in [9.17, 15) is 22.4 Å². The van der Waals surface area contributed by atoms with Crippen LogP contribution in [0.3, 0.4) is 0 Å². The SMILES string of the molecule is Cc1ccc(C)c(C(=O)[C@H](C)OC(=O)c2cc(S(=O)(=O)N(C)C)ccc2F)c1. The number of nitrogens with zero attached hydrogens (tertiary/aromatic N) is 1. The number of esters is 1. The van der Waals surface area contributed by atoms with Crippen LogP contribution in [0.5, 0.6) is 0 Å². The van der Waals surface area contributed by atoms with Crippen LogP contribution < -0.4 is 0 Å². The fourth-order valence-corrected chi connectivity index (χ4v) is 3.46. The predicted octanol–water partition coefficient (Wildman–Crippen LogP) is 3.12. The molecule has 2 rings (SSSR count). The maximum atomic E-state index is 14.1. The van der Waals surface area contributed by atoms with E-state index in [4.69, 9.17) is 4.74 Å². The van der Waals surface area contributed by atoms with E-state index in [1.165, 1.54) is 21.0 Å². The maximum absolute atomic E-state index is 14.1. The van der Waals surface area contributed by atoms with E-state index in [-0.39, 0.29) is 4.90 Å². The summed E-state index contributed by atoms with van der Waals surface area (Å²) in [5.74, 6) is -2.47. The average molecular weight is 407 g/mol. The third kappa shape index (κ3) is 4.45. The van der Waals surface area contributed by atoms with Gasteiger partial charge in [0.15, 0.2) is 6.10 Å². The van der Waals surface area contributed by atoms with Crippen molar-refractivity contribution in [2.24, 2.45) is 0 Å². The minimum Gasteiger partial charge on any atom is -0.451 e. The molecular formula is C20H22FNO5S. The summed E-state index contributed by atoms with van der Waals surface area (Å²) in [7, 11) is -1.21. The zero-order valence-corrected chi connectivity index (χ0v) is 17.1. The number of Topliss-reactive ketones (excluding diaryl/α,β-unsaturated/α-hetero) is 1. The molecular weight excluding hydrogens is 385 g/mol. The Bertz CT molecular complexity index is 1030. The highest BCUT2D eigenvalue weighted by atomic mass is 32.2. The predicted molar refractivity (Wildman–Crippen MR) is 102 cm³/mol. The maximum Gasteiger partial charge on any atom is 0.341 e. The van der Waals surface area contributed by atoms with Gasteiger partial charge in [-0.2, -0.15) is 0 Å². The fraction of sp³-hybridized carbons (Fsp3) is 0.300. The monoisotopic (exact) mass is 407 g/mol. The van der Waals surface area contributed by atoms with Crippen LogP contribution in [-0.4, -0.2) is 44.7 Å². The van der Waals surface area contributed by atoms with Gasteiger partial charge in [-0.15, -0.1) is 0 Å². The van der Waals surface area contributed by atoms with E-state index >= 15 is 0 Å². The number of hydrogen-bond acceptors (Lipinski definition) is 5. The molecule has 6 nitrogen and oxygen atoms in total. The van der Waals surface area contributed by atoms with Crippen LogP contribution in [0.2, 0.25) is 0 Å². The number of carbonyl (C=O) groups is 2. The summed E-state index contributed by atoms with van der Waals surface area (Å²) in [6.45, 7) is 4.98. The molecule has 0 saturated heterocycles. The Balaban J connectivity index is 2.29. The summed E-state index contributed by atoms with van der Waals surface area (Å²) in [6, 6.07) is 8.17. The van der Waals surface area contributed by atoms with E-state index in [1.54, 1.807) is 19.1 Å². The number of halogens is 1. The molecule has 0 heterocycles. The molecule has 0 aliphatic heterocycles. The number of hydrogen-bond donors (Lipinski definition) is 0. The first-order valence-corrected chi connectivity index (χ1v) is 9.93.